The van der Waals surface area contributed by atoms with E-state index in [1.165, 1.54) is 16.7 Å². The van der Waals surface area contributed by atoms with E-state index in [-0.39, 0.29) is 5.91 Å². The fourth-order valence-corrected chi connectivity index (χ4v) is 2.33. The highest BCUT2D eigenvalue weighted by Gasteiger charge is 2.04. The standard InChI is InChI=1S/C18H22N2O/c1-3-14-4-6-15(7-5-14)12-20(2)13-16-8-10-17(11-9-16)18(19)21/h4-11H,3,12-13H2,1-2H3,(H2,19,21). The molecule has 0 aliphatic rings. The van der Waals surface area contributed by atoms with Crippen LogP contribution in [0.5, 0.6) is 0 Å². The average Bonchev–Trinajstić information content (AvgIpc) is 2.48. The summed E-state index contributed by atoms with van der Waals surface area (Å²) in [5, 5.41) is 0. The van der Waals surface area contributed by atoms with Gasteiger partial charge in [0.05, 0.1) is 0 Å². The van der Waals surface area contributed by atoms with Crippen LogP contribution in [0.3, 0.4) is 0 Å². The molecule has 0 aliphatic carbocycles. The van der Waals surface area contributed by atoms with E-state index in [0.29, 0.717) is 5.56 Å². The number of amides is 1. The van der Waals surface area contributed by atoms with Crippen molar-refractivity contribution >= 4 is 5.91 Å². The normalized spacial score (nSPS) is 10.8. The van der Waals surface area contributed by atoms with Gasteiger partial charge >= 0.3 is 0 Å². The molecule has 0 heterocycles. The minimum absolute atomic E-state index is 0.383. The Balaban J connectivity index is 1.94. The monoisotopic (exact) mass is 282 g/mol. The molecule has 0 aliphatic heterocycles. The fourth-order valence-electron chi connectivity index (χ4n) is 2.33. The van der Waals surface area contributed by atoms with Gasteiger partial charge in [0.15, 0.2) is 0 Å². The highest BCUT2D eigenvalue weighted by Crippen LogP contribution is 2.11. The summed E-state index contributed by atoms with van der Waals surface area (Å²) in [7, 11) is 2.09. The molecule has 0 radical (unpaired) electrons. The fraction of sp³-hybridized carbons (Fsp3) is 0.278. The number of rotatable bonds is 6. The molecule has 3 heteroatoms. The minimum Gasteiger partial charge on any atom is -0.366 e. The van der Waals surface area contributed by atoms with Crippen molar-refractivity contribution in [3.63, 3.8) is 0 Å². The molecule has 0 aromatic heterocycles. The lowest BCUT2D eigenvalue weighted by molar-refractivity contribution is 0.100. The molecule has 2 rings (SSSR count). The number of aryl methyl sites for hydroxylation is 1. The molecule has 2 N–H and O–H groups in total. The molecule has 0 unspecified atom stereocenters. The lowest BCUT2D eigenvalue weighted by Gasteiger charge is -2.17. The van der Waals surface area contributed by atoms with Gasteiger partial charge in [-0.25, -0.2) is 0 Å². The molecule has 110 valence electrons. The summed E-state index contributed by atoms with van der Waals surface area (Å²) in [4.78, 5) is 13.3. The Bertz CT molecular complexity index is 588. The van der Waals surface area contributed by atoms with Crippen LogP contribution in [0.1, 0.15) is 34.0 Å². The topological polar surface area (TPSA) is 46.3 Å². The summed E-state index contributed by atoms with van der Waals surface area (Å²) < 4.78 is 0. The van der Waals surface area contributed by atoms with Crippen LogP contribution in [-0.2, 0) is 19.5 Å². The Hall–Kier alpha value is -2.13. The number of benzene rings is 2. The molecule has 0 saturated heterocycles. The number of hydrogen-bond donors (Lipinski definition) is 1. The lowest BCUT2D eigenvalue weighted by Crippen LogP contribution is -2.17. The van der Waals surface area contributed by atoms with Crippen LogP contribution in [0.2, 0.25) is 0 Å². The number of nitrogens with zero attached hydrogens (tertiary/aromatic N) is 1. The van der Waals surface area contributed by atoms with E-state index >= 15 is 0 Å². The maximum absolute atomic E-state index is 11.0. The number of carbonyl (C=O) groups excluding carboxylic acids is 1. The quantitative estimate of drug-likeness (QED) is 0.885. The van der Waals surface area contributed by atoms with E-state index in [2.05, 4.69) is 43.1 Å². The molecule has 0 atom stereocenters. The molecule has 0 bridgehead atoms. The Morgan fingerprint density at radius 1 is 0.905 bits per heavy atom. The molecule has 0 saturated carbocycles. The number of primary amides is 1. The van der Waals surface area contributed by atoms with Gasteiger partial charge in [0.25, 0.3) is 0 Å². The highest BCUT2D eigenvalue weighted by atomic mass is 16.1. The van der Waals surface area contributed by atoms with Crippen LogP contribution < -0.4 is 5.73 Å². The first kappa shape index (κ1) is 15.3. The largest absolute Gasteiger partial charge is 0.366 e. The van der Waals surface area contributed by atoms with Gasteiger partial charge in [-0.2, -0.15) is 0 Å². The molecule has 2 aromatic carbocycles. The average molecular weight is 282 g/mol. The summed E-state index contributed by atoms with van der Waals surface area (Å²) in [6.07, 6.45) is 1.07. The van der Waals surface area contributed by atoms with E-state index in [1.807, 2.05) is 12.1 Å². The van der Waals surface area contributed by atoms with Crippen molar-refractivity contribution in [3.05, 3.63) is 70.8 Å². The minimum atomic E-state index is -0.383. The first-order valence-electron chi connectivity index (χ1n) is 7.23. The first-order valence-corrected chi connectivity index (χ1v) is 7.23. The van der Waals surface area contributed by atoms with E-state index in [9.17, 15) is 4.79 Å². The molecular formula is C18H22N2O. The molecule has 0 spiro atoms. The predicted molar refractivity (Wildman–Crippen MR) is 86.0 cm³/mol. The zero-order valence-electron chi connectivity index (χ0n) is 12.7. The van der Waals surface area contributed by atoms with Gasteiger partial charge in [0, 0.05) is 18.7 Å². The van der Waals surface area contributed by atoms with Crippen molar-refractivity contribution in [1.82, 2.24) is 4.90 Å². The molecule has 21 heavy (non-hydrogen) atoms. The molecule has 2 aromatic rings. The second-order valence-corrected chi connectivity index (χ2v) is 5.40. The van der Waals surface area contributed by atoms with Gasteiger partial charge in [-0.3, -0.25) is 9.69 Å². The lowest BCUT2D eigenvalue weighted by atomic mass is 10.1. The third-order valence-corrected chi connectivity index (χ3v) is 3.57. The highest BCUT2D eigenvalue weighted by molar-refractivity contribution is 5.92. The van der Waals surface area contributed by atoms with Crippen molar-refractivity contribution in [3.8, 4) is 0 Å². The second-order valence-electron chi connectivity index (χ2n) is 5.40. The Morgan fingerprint density at radius 3 is 1.76 bits per heavy atom. The van der Waals surface area contributed by atoms with Crippen LogP contribution in [0, 0.1) is 0 Å². The maximum Gasteiger partial charge on any atom is 0.248 e. The van der Waals surface area contributed by atoms with Gasteiger partial charge in [-0.05, 0) is 42.3 Å². The first-order chi connectivity index (χ1) is 10.1. The summed E-state index contributed by atoms with van der Waals surface area (Å²) in [6, 6.07) is 16.2. The van der Waals surface area contributed by atoms with Crippen molar-refractivity contribution in [2.75, 3.05) is 7.05 Å². The number of nitrogens with two attached hydrogens (primary N) is 1. The molecule has 0 fully saturated rings. The van der Waals surface area contributed by atoms with Gasteiger partial charge in [0.1, 0.15) is 0 Å². The van der Waals surface area contributed by atoms with Crippen LogP contribution >= 0.6 is 0 Å². The third kappa shape index (κ3) is 4.43. The second kappa shape index (κ2) is 7.04. The van der Waals surface area contributed by atoms with Crippen LogP contribution in [0.25, 0.3) is 0 Å². The van der Waals surface area contributed by atoms with Gasteiger partial charge in [-0.1, -0.05) is 43.3 Å². The van der Waals surface area contributed by atoms with Crippen molar-refractivity contribution < 1.29 is 4.79 Å². The SMILES string of the molecule is CCc1ccc(CN(C)Cc2ccc(C(N)=O)cc2)cc1. The Labute approximate surface area is 126 Å². The van der Waals surface area contributed by atoms with Crippen LogP contribution in [-0.4, -0.2) is 17.9 Å². The number of hydrogen-bond acceptors (Lipinski definition) is 2. The van der Waals surface area contributed by atoms with Crippen LogP contribution in [0.15, 0.2) is 48.5 Å². The van der Waals surface area contributed by atoms with Crippen molar-refractivity contribution in [2.45, 2.75) is 26.4 Å². The zero-order valence-corrected chi connectivity index (χ0v) is 12.7. The number of carbonyl (C=O) groups is 1. The van der Waals surface area contributed by atoms with Crippen LogP contribution in [0.4, 0.5) is 0 Å². The zero-order chi connectivity index (χ0) is 15.2. The Kier molecular flexibility index (Phi) is 5.12. The van der Waals surface area contributed by atoms with Gasteiger partial charge in [-0.15, -0.1) is 0 Å². The third-order valence-electron chi connectivity index (χ3n) is 3.57. The van der Waals surface area contributed by atoms with Crippen molar-refractivity contribution in [1.29, 1.82) is 0 Å². The van der Waals surface area contributed by atoms with Crippen molar-refractivity contribution in [2.24, 2.45) is 5.73 Å². The van der Waals surface area contributed by atoms with E-state index < -0.39 is 0 Å². The van der Waals surface area contributed by atoms with E-state index in [1.54, 1.807) is 12.1 Å². The summed E-state index contributed by atoms with van der Waals surface area (Å²) in [6.45, 7) is 3.91. The molecule has 1 amide bonds. The smallest absolute Gasteiger partial charge is 0.248 e. The predicted octanol–water partition coefficient (Wildman–Crippen LogP) is 2.98. The van der Waals surface area contributed by atoms with Gasteiger partial charge in [0.2, 0.25) is 5.91 Å². The summed E-state index contributed by atoms with van der Waals surface area (Å²) >= 11 is 0. The van der Waals surface area contributed by atoms with E-state index in [4.69, 9.17) is 5.73 Å². The van der Waals surface area contributed by atoms with Gasteiger partial charge < -0.3 is 5.73 Å². The van der Waals surface area contributed by atoms with E-state index in [0.717, 1.165) is 19.5 Å². The summed E-state index contributed by atoms with van der Waals surface area (Å²) in [5.74, 6) is -0.383. The maximum atomic E-state index is 11.0. The molecule has 3 nitrogen and oxygen atoms in total. The Morgan fingerprint density at radius 2 is 1.33 bits per heavy atom. The molecular weight excluding hydrogens is 260 g/mol. The summed E-state index contributed by atoms with van der Waals surface area (Å²) in [5.41, 5.74) is 9.64.